The molecule has 1 heterocycles. The van der Waals surface area contributed by atoms with E-state index in [-0.39, 0.29) is 17.9 Å². The first-order chi connectivity index (χ1) is 9.97. The summed E-state index contributed by atoms with van der Waals surface area (Å²) in [5, 5.41) is 2.92. The van der Waals surface area contributed by atoms with Crippen LogP contribution in [-0.4, -0.2) is 25.0 Å². The SMILES string of the molecule is CC1CCN(c2ccc(NC(=O)C(C)C(C)N)cc2)CC1. The van der Waals surface area contributed by atoms with E-state index in [1.54, 1.807) is 0 Å². The van der Waals surface area contributed by atoms with Gasteiger partial charge in [-0.2, -0.15) is 0 Å². The largest absolute Gasteiger partial charge is 0.372 e. The minimum absolute atomic E-state index is 0.0236. The van der Waals surface area contributed by atoms with Crippen molar-refractivity contribution in [3.05, 3.63) is 24.3 Å². The fraction of sp³-hybridized carbons (Fsp3) is 0.588. The summed E-state index contributed by atoms with van der Waals surface area (Å²) in [4.78, 5) is 14.4. The average Bonchev–Trinajstić information content (AvgIpc) is 2.48. The number of nitrogens with one attached hydrogen (secondary N) is 1. The van der Waals surface area contributed by atoms with Gasteiger partial charge in [0.15, 0.2) is 0 Å². The Kier molecular flexibility index (Phi) is 5.23. The zero-order chi connectivity index (χ0) is 15.4. The van der Waals surface area contributed by atoms with Crippen LogP contribution in [0.5, 0.6) is 0 Å². The summed E-state index contributed by atoms with van der Waals surface area (Å²) in [7, 11) is 0. The van der Waals surface area contributed by atoms with E-state index >= 15 is 0 Å². The third-order valence-electron chi connectivity index (χ3n) is 4.49. The molecule has 1 saturated heterocycles. The third kappa shape index (κ3) is 4.21. The summed E-state index contributed by atoms with van der Waals surface area (Å²) in [6.07, 6.45) is 2.51. The van der Waals surface area contributed by atoms with Crippen LogP contribution in [-0.2, 0) is 4.79 Å². The minimum Gasteiger partial charge on any atom is -0.372 e. The molecular formula is C17H27N3O. The van der Waals surface area contributed by atoms with Crippen molar-refractivity contribution in [1.82, 2.24) is 0 Å². The molecule has 2 rings (SSSR count). The van der Waals surface area contributed by atoms with Crippen molar-refractivity contribution < 1.29 is 4.79 Å². The first-order valence-corrected chi connectivity index (χ1v) is 7.89. The van der Waals surface area contributed by atoms with Crippen LogP contribution in [0.1, 0.15) is 33.6 Å². The number of piperidine rings is 1. The maximum atomic E-state index is 12.0. The topological polar surface area (TPSA) is 58.4 Å². The molecule has 2 unspecified atom stereocenters. The van der Waals surface area contributed by atoms with Crippen LogP contribution in [0.4, 0.5) is 11.4 Å². The van der Waals surface area contributed by atoms with Crippen molar-refractivity contribution in [2.75, 3.05) is 23.3 Å². The van der Waals surface area contributed by atoms with E-state index in [1.807, 2.05) is 26.0 Å². The van der Waals surface area contributed by atoms with Gasteiger partial charge in [-0.3, -0.25) is 4.79 Å². The summed E-state index contributed by atoms with van der Waals surface area (Å²) >= 11 is 0. The smallest absolute Gasteiger partial charge is 0.228 e. The van der Waals surface area contributed by atoms with Crippen LogP contribution in [0.15, 0.2) is 24.3 Å². The normalized spacial score (nSPS) is 19.1. The number of benzene rings is 1. The summed E-state index contributed by atoms with van der Waals surface area (Å²) < 4.78 is 0. The highest BCUT2D eigenvalue weighted by atomic mass is 16.1. The van der Waals surface area contributed by atoms with Crippen molar-refractivity contribution in [3.63, 3.8) is 0 Å². The predicted molar refractivity (Wildman–Crippen MR) is 88.5 cm³/mol. The second-order valence-corrected chi connectivity index (χ2v) is 6.35. The highest BCUT2D eigenvalue weighted by molar-refractivity contribution is 5.92. The van der Waals surface area contributed by atoms with Crippen molar-refractivity contribution >= 4 is 17.3 Å². The zero-order valence-electron chi connectivity index (χ0n) is 13.3. The van der Waals surface area contributed by atoms with E-state index in [9.17, 15) is 4.79 Å². The molecule has 3 N–H and O–H groups in total. The Balaban J connectivity index is 1.94. The molecule has 0 bridgehead atoms. The van der Waals surface area contributed by atoms with Gasteiger partial charge in [-0.25, -0.2) is 0 Å². The lowest BCUT2D eigenvalue weighted by Gasteiger charge is -2.32. The molecule has 0 aromatic heterocycles. The maximum Gasteiger partial charge on any atom is 0.228 e. The van der Waals surface area contributed by atoms with Crippen LogP contribution < -0.4 is 16.0 Å². The molecule has 1 aliphatic rings. The molecule has 0 radical (unpaired) electrons. The third-order valence-corrected chi connectivity index (χ3v) is 4.49. The highest BCUT2D eigenvalue weighted by Crippen LogP contribution is 2.24. The molecule has 0 saturated carbocycles. The Bertz CT molecular complexity index is 461. The Morgan fingerprint density at radius 1 is 1.24 bits per heavy atom. The Labute approximate surface area is 127 Å². The maximum absolute atomic E-state index is 12.0. The van der Waals surface area contributed by atoms with Gasteiger partial charge in [0.05, 0.1) is 5.92 Å². The molecule has 1 aromatic carbocycles. The van der Waals surface area contributed by atoms with E-state index in [2.05, 4.69) is 29.3 Å². The second kappa shape index (κ2) is 6.94. The lowest BCUT2D eigenvalue weighted by atomic mass is 9.99. The number of hydrogen-bond acceptors (Lipinski definition) is 3. The van der Waals surface area contributed by atoms with Gasteiger partial charge < -0.3 is 16.0 Å². The summed E-state index contributed by atoms with van der Waals surface area (Å²) in [5.74, 6) is 0.623. The number of carbonyl (C=O) groups is 1. The van der Waals surface area contributed by atoms with Crippen LogP contribution in [0.25, 0.3) is 0 Å². The molecular weight excluding hydrogens is 262 g/mol. The predicted octanol–water partition coefficient (Wildman–Crippen LogP) is 2.84. The number of nitrogens with two attached hydrogens (primary N) is 1. The Hall–Kier alpha value is -1.55. The molecule has 1 aliphatic heterocycles. The average molecular weight is 289 g/mol. The van der Waals surface area contributed by atoms with Crippen molar-refractivity contribution in [2.45, 2.75) is 39.7 Å². The van der Waals surface area contributed by atoms with Gasteiger partial charge in [0.1, 0.15) is 0 Å². The number of amides is 1. The fourth-order valence-corrected chi connectivity index (χ4v) is 2.52. The summed E-state index contributed by atoms with van der Waals surface area (Å²) in [5.41, 5.74) is 7.83. The van der Waals surface area contributed by atoms with Gasteiger partial charge in [0.25, 0.3) is 0 Å². The van der Waals surface area contributed by atoms with Crippen LogP contribution >= 0.6 is 0 Å². The molecule has 1 amide bonds. The molecule has 116 valence electrons. The Morgan fingerprint density at radius 2 is 1.81 bits per heavy atom. The Morgan fingerprint density at radius 3 is 2.33 bits per heavy atom. The lowest BCUT2D eigenvalue weighted by molar-refractivity contribution is -0.119. The lowest BCUT2D eigenvalue weighted by Crippen LogP contribution is -2.34. The summed E-state index contributed by atoms with van der Waals surface area (Å²) in [6.45, 7) is 8.26. The van der Waals surface area contributed by atoms with Crippen LogP contribution in [0.3, 0.4) is 0 Å². The molecule has 1 aromatic rings. The standard InChI is InChI=1S/C17H27N3O/c1-12-8-10-20(11-9-12)16-6-4-15(5-7-16)19-17(21)13(2)14(3)18/h4-7,12-14H,8-11,18H2,1-3H3,(H,19,21). The first kappa shape index (κ1) is 15.8. The van der Waals surface area contributed by atoms with E-state index in [4.69, 9.17) is 5.73 Å². The zero-order valence-corrected chi connectivity index (χ0v) is 13.3. The van der Waals surface area contributed by atoms with Crippen LogP contribution in [0, 0.1) is 11.8 Å². The van der Waals surface area contributed by atoms with Gasteiger partial charge in [-0.1, -0.05) is 13.8 Å². The molecule has 4 heteroatoms. The van der Waals surface area contributed by atoms with Gasteiger partial charge in [-0.05, 0) is 49.9 Å². The molecule has 4 nitrogen and oxygen atoms in total. The number of hydrogen-bond donors (Lipinski definition) is 2. The number of nitrogens with zero attached hydrogens (tertiary/aromatic N) is 1. The first-order valence-electron chi connectivity index (χ1n) is 7.89. The van der Waals surface area contributed by atoms with Crippen molar-refractivity contribution in [3.8, 4) is 0 Å². The fourth-order valence-electron chi connectivity index (χ4n) is 2.52. The molecule has 2 atom stereocenters. The molecule has 1 fully saturated rings. The summed E-state index contributed by atoms with van der Waals surface area (Å²) in [6, 6.07) is 7.97. The van der Waals surface area contributed by atoms with Gasteiger partial charge in [0.2, 0.25) is 5.91 Å². The van der Waals surface area contributed by atoms with Gasteiger partial charge >= 0.3 is 0 Å². The monoisotopic (exact) mass is 289 g/mol. The number of anilines is 2. The van der Waals surface area contributed by atoms with E-state index < -0.39 is 0 Å². The van der Waals surface area contributed by atoms with Crippen LogP contribution in [0.2, 0.25) is 0 Å². The number of carbonyl (C=O) groups excluding carboxylic acids is 1. The molecule has 0 aliphatic carbocycles. The quantitative estimate of drug-likeness (QED) is 0.896. The minimum atomic E-state index is -0.187. The highest BCUT2D eigenvalue weighted by Gasteiger charge is 2.18. The van der Waals surface area contributed by atoms with Crippen molar-refractivity contribution in [2.24, 2.45) is 17.6 Å². The second-order valence-electron chi connectivity index (χ2n) is 6.35. The van der Waals surface area contributed by atoms with Gasteiger partial charge in [0, 0.05) is 30.5 Å². The van der Waals surface area contributed by atoms with Crippen molar-refractivity contribution in [1.29, 1.82) is 0 Å². The van der Waals surface area contributed by atoms with E-state index in [0.717, 1.165) is 24.7 Å². The molecule has 0 spiro atoms. The van der Waals surface area contributed by atoms with E-state index in [1.165, 1.54) is 18.5 Å². The molecule has 21 heavy (non-hydrogen) atoms. The van der Waals surface area contributed by atoms with Gasteiger partial charge in [-0.15, -0.1) is 0 Å². The van der Waals surface area contributed by atoms with E-state index in [0.29, 0.717) is 0 Å². The number of rotatable bonds is 4.